The molecule has 5 N–H and O–H groups in total. The summed E-state index contributed by atoms with van der Waals surface area (Å²) in [6.45, 7) is 1.35. The predicted molar refractivity (Wildman–Crippen MR) is 69.0 cm³/mol. The van der Waals surface area contributed by atoms with Crippen molar-refractivity contribution >= 4 is 5.97 Å². The Bertz CT molecular complexity index is 369. The molecule has 0 bridgehead atoms. The Kier molecular flexibility index (Phi) is 7.74. The standard InChI is InChI=1S/C7H6O3.C6H14O3/c8-6-4-2-1-3-5(6)7(9)10;1-2-6(3-7,4-8)5-9/h1-4,8H,(H,9,10);7-9H,2-5H2,1H3. The maximum Gasteiger partial charge on any atom is 0.339 e. The second-order valence-corrected chi connectivity index (χ2v) is 4.15. The molecule has 1 rings (SSSR count). The van der Waals surface area contributed by atoms with Crippen LogP contribution in [-0.4, -0.2) is 51.3 Å². The molecule has 0 aliphatic heterocycles. The van der Waals surface area contributed by atoms with Crippen molar-refractivity contribution in [2.45, 2.75) is 13.3 Å². The van der Waals surface area contributed by atoms with Gasteiger partial charge >= 0.3 is 5.97 Å². The zero-order valence-electron chi connectivity index (χ0n) is 10.8. The van der Waals surface area contributed by atoms with Gasteiger partial charge in [-0.15, -0.1) is 0 Å². The fourth-order valence-corrected chi connectivity index (χ4v) is 1.14. The van der Waals surface area contributed by atoms with E-state index in [1.165, 1.54) is 12.1 Å². The molecule has 0 radical (unpaired) electrons. The van der Waals surface area contributed by atoms with Crippen LogP contribution >= 0.6 is 0 Å². The lowest BCUT2D eigenvalue weighted by Crippen LogP contribution is -2.32. The molecule has 19 heavy (non-hydrogen) atoms. The lowest BCUT2D eigenvalue weighted by atomic mass is 9.88. The fourth-order valence-electron chi connectivity index (χ4n) is 1.14. The third-order valence-corrected chi connectivity index (χ3v) is 2.89. The van der Waals surface area contributed by atoms with Gasteiger partial charge in [-0.25, -0.2) is 4.79 Å². The Morgan fingerprint density at radius 3 is 1.79 bits per heavy atom. The fraction of sp³-hybridized carbons (Fsp3) is 0.462. The van der Waals surface area contributed by atoms with Crippen LogP contribution in [0.25, 0.3) is 0 Å². The molecule has 0 spiro atoms. The monoisotopic (exact) mass is 272 g/mol. The first-order chi connectivity index (χ1) is 8.96. The average molecular weight is 272 g/mol. The summed E-state index contributed by atoms with van der Waals surface area (Å²) >= 11 is 0. The van der Waals surface area contributed by atoms with Gasteiger partial charge in [0.05, 0.1) is 19.8 Å². The van der Waals surface area contributed by atoms with Gasteiger partial charge in [0.25, 0.3) is 0 Å². The normalized spacial score (nSPS) is 10.5. The zero-order chi connectivity index (χ0) is 14.9. The molecule has 0 aliphatic carbocycles. The number of aliphatic hydroxyl groups is 3. The quantitative estimate of drug-likeness (QED) is 0.531. The van der Waals surface area contributed by atoms with E-state index in [1.807, 2.05) is 6.92 Å². The van der Waals surface area contributed by atoms with Crippen molar-refractivity contribution in [1.29, 1.82) is 0 Å². The van der Waals surface area contributed by atoms with Gasteiger partial charge < -0.3 is 25.5 Å². The van der Waals surface area contributed by atoms with Gasteiger partial charge in [-0.2, -0.15) is 0 Å². The number of hydrogen-bond donors (Lipinski definition) is 5. The summed E-state index contributed by atoms with van der Waals surface area (Å²) in [5.74, 6) is -1.31. The summed E-state index contributed by atoms with van der Waals surface area (Å²) in [7, 11) is 0. The Morgan fingerprint density at radius 2 is 1.58 bits per heavy atom. The highest BCUT2D eigenvalue weighted by Crippen LogP contribution is 2.18. The van der Waals surface area contributed by atoms with Crippen LogP contribution in [0, 0.1) is 5.41 Å². The number of rotatable bonds is 5. The van der Waals surface area contributed by atoms with Crippen LogP contribution in [0.2, 0.25) is 0 Å². The molecule has 0 unspecified atom stereocenters. The van der Waals surface area contributed by atoms with Crippen molar-refractivity contribution in [2.75, 3.05) is 19.8 Å². The molecule has 0 saturated carbocycles. The van der Waals surface area contributed by atoms with Crippen molar-refractivity contribution in [3.8, 4) is 5.75 Å². The van der Waals surface area contributed by atoms with Gasteiger partial charge in [0.2, 0.25) is 0 Å². The highest BCUT2D eigenvalue weighted by Gasteiger charge is 2.24. The van der Waals surface area contributed by atoms with Crippen molar-refractivity contribution < 1.29 is 30.3 Å². The Labute approximate surface area is 111 Å². The number of hydrogen-bond acceptors (Lipinski definition) is 5. The Hall–Kier alpha value is -1.63. The van der Waals surface area contributed by atoms with E-state index in [0.717, 1.165) is 0 Å². The van der Waals surface area contributed by atoms with E-state index in [1.54, 1.807) is 12.1 Å². The van der Waals surface area contributed by atoms with Gasteiger partial charge in [-0.05, 0) is 18.6 Å². The summed E-state index contributed by atoms with van der Waals surface area (Å²) < 4.78 is 0. The van der Waals surface area contributed by atoms with Crippen LogP contribution in [0.5, 0.6) is 5.75 Å². The molecular weight excluding hydrogens is 252 g/mol. The van der Waals surface area contributed by atoms with Gasteiger partial charge in [-0.1, -0.05) is 19.1 Å². The Morgan fingerprint density at radius 1 is 1.11 bits per heavy atom. The molecule has 108 valence electrons. The number of benzene rings is 1. The molecule has 0 atom stereocenters. The van der Waals surface area contributed by atoms with Crippen LogP contribution in [0.15, 0.2) is 24.3 Å². The lowest BCUT2D eigenvalue weighted by molar-refractivity contribution is 0.00304. The molecule has 0 heterocycles. The molecule has 0 saturated heterocycles. The molecular formula is C13H20O6. The number of aliphatic hydroxyl groups excluding tert-OH is 3. The molecule has 1 aromatic carbocycles. The van der Waals surface area contributed by atoms with E-state index in [2.05, 4.69) is 0 Å². The van der Waals surface area contributed by atoms with E-state index in [9.17, 15) is 4.79 Å². The van der Waals surface area contributed by atoms with Crippen molar-refractivity contribution in [3.05, 3.63) is 29.8 Å². The van der Waals surface area contributed by atoms with Crippen LogP contribution in [0.1, 0.15) is 23.7 Å². The number of aromatic hydroxyl groups is 1. The van der Waals surface area contributed by atoms with Gasteiger partial charge in [0.15, 0.2) is 0 Å². The highest BCUT2D eigenvalue weighted by molar-refractivity contribution is 5.90. The van der Waals surface area contributed by atoms with Gasteiger partial charge in [0.1, 0.15) is 11.3 Å². The Balaban J connectivity index is 0.000000344. The minimum atomic E-state index is -1.11. The first kappa shape index (κ1) is 17.4. The number of carbonyl (C=O) groups is 1. The van der Waals surface area contributed by atoms with Crippen molar-refractivity contribution in [1.82, 2.24) is 0 Å². The third-order valence-electron chi connectivity index (χ3n) is 2.89. The molecule has 0 amide bonds. The summed E-state index contributed by atoms with van der Waals surface area (Å²) in [5.41, 5.74) is -0.734. The molecule has 1 aromatic rings. The third kappa shape index (κ3) is 5.25. The van der Waals surface area contributed by atoms with Crippen LogP contribution in [0.4, 0.5) is 0 Å². The summed E-state index contributed by atoms with van der Waals surface area (Å²) in [4.78, 5) is 10.3. The number of aromatic carboxylic acids is 1. The first-order valence-corrected chi connectivity index (χ1v) is 5.80. The SMILES string of the molecule is CCC(CO)(CO)CO.O=C(O)c1ccccc1O. The molecule has 0 aliphatic rings. The van der Waals surface area contributed by atoms with Crippen LogP contribution < -0.4 is 0 Å². The van der Waals surface area contributed by atoms with Gasteiger partial charge in [-0.3, -0.25) is 0 Å². The number of carboxylic acids is 1. The van der Waals surface area contributed by atoms with E-state index in [-0.39, 0.29) is 31.1 Å². The number of para-hydroxylation sites is 1. The summed E-state index contributed by atoms with van der Waals surface area (Å²) in [6, 6.07) is 5.81. The minimum absolute atomic E-state index is 0.0671. The average Bonchev–Trinajstić information content (AvgIpc) is 2.43. The smallest absolute Gasteiger partial charge is 0.339 e. The second-order valence-electron chi connectivity index (χ2n) is 4.15. The maximum atomic E-state index is 10.3. The molecule has 0 aromatic heterocycles. The van der Waals surface area contributed by atoms with E-state index < -0.39 is 11.4 Å². The van der Waals surface area contributed by atoms with Crippen molar-refractivity contribution in [3.63, 3.8) is 0 Å². The highest BCUT2D eigenvalue weighted by atomic mass is 16.4. The first-order valence-electron chi connectivity index (χ1n) is 5.80. The van der Waals surface area contributed by atoms with E-state index in [4.69, 9.17) is 25.5 Å². The van der Waals surface area contributed by atoms with E-state index in [0.29, 0.717) is 6.42 Å². The molecule has 0 fully saturated rings. The predicted octanol–water partition coefficient (Wildman–Crippen LogP) is 0.450. The molecule has 6 heteroatoms. The lowest BCUT2D eigenvalue weighted by Gasteiger charge is -2.24. The second kappa shape index (κ2) is 8.47. The number of carboxylic acid groups (broad SMARTS) is 1. The number of phenols is 1. The van der Waals surface area contributed by atoms with E-state index >= 15 is 0 Å². The van der Waals surface area contributed by atoms with Crippen LogP contribution in [0.3, 0.4) is 0 Å². The summed E-state index contributed by atoms with van der Waals surface area (Å²) in [6.07, 6.45) is 0.594. The summed E-state index contributed by atoms with van der Waals surface area (Å²) in [5, 5.41) is 43.3. The van der Waals surface area contributed by atoms with Crippen LogP contribution in [-0.2, 0) is 0 Å². The van der Waals surface area contributed by atoms with Crippen molar-refractivity contribution in [2.24, 2.45) is 5.41 Å². The zero-order valence-corrected chi connectivity index (χ0v) is 10.8. The minimum Gasteiger partial charge on any atom is -0.507 e. The maximum absolute atomic E-state index is 10.3. The topological polar surface area (TPSA) is 118 Å². The molecule has 6 nitrogen and oxygen atoms in total. The van der Waals surface area contributed by atoms with Gasteiger partial charge in [0, 0.05) is 5.41 Å². The largest absolute Gasteiger partial charge is 0.507 e.